The molecule has 0 saturated heterocycles. The molecule has 0 aliphatic carbocycles. The summed E-state index contributed by atoms with van der Waals surface area (Å²) in [6.45, 7) is 3.96. The molecular weight excluding hydrogens is 490 g/mol. The molecule has 2 aromatic carbocycles. The zero-order valence-electron chi connectivity index (χ0n) is 20.9. The SMILES string of the molecule is CC[C@@H](C(=O)NC)N(Cc1ccc(OC)cc1)C(=O)CCCN(c1cccc(Cl)c1C)S(C)(=O)=O. The van der Waals surface area contributed by atoms with Gasteiger partial charge in [0.2, 0.25) is 21.8 Å². The normalized spacial score (nSPS) is 12.1. The molecule has 192 valence electrons. The van der Waals surface area contributed by atoms with Crippen molar-refractivity contribution >= 4 is 39.1 Å². The molecule has 1 N–H and O–H groups in total. The quantitative estimate of drug-likeness (QED) is 0.457. The largest absolute Gasteiger partial charge is 0.497 e. The summed E-state index contributed by atoms with van der Waals surface area (Å²) in [6.07, 6.45) is 1.93. The fourth-order valence-electron chi connectivity index (χ4n) is 3.86. The van der Waals surface area contributed by atoms with Crippen molar-refractivity contribution in [3.63, 3.8) is 0 Å². The second kappa shape index (κ2) is 12.8. The van der Waals surface area contributed by atoms with Gasteiger partial charge >= 0.3 is 0 Å². The monoisotopic (exact) mass is 523 g/mol. The number of benzene rings is 2. The van der Waals surface area contributed by atoms with Crippen LogP contribution >= 0.6 is 11.6 Å². The standard InChI is InChI=1S/C25H34ClN3O5S/c1-6-22(25(31)27-3)28(17-19-12-14-20(34-4)15-13-19)24(30)11-8-16-29(35(5,32)33)23-10-7-9-21(26)18(23)2/h7,9-10,12-15,22H,6,8,11,16-17H2,1-5H3,(H,27,31)/t22-/m0/s1. The Morgan fingerprint density at radius 2 is 1.80 bits per heavy atom. The number of rotatable bonds is 12. The zero-order valence-corrected chi connectivity index (χ0v) is 22.4. The molecule has 0 aliphatic heterocycles. The van der Waals surface area contributed by atoms with Gasteiger partial charge in [-0.3, -0.25) is 13.9 Å². The van der Waals surface area contributed by atoms with Crippen molar-refractivity contribution in [3.05, 3.63) is 58.6 Å². The Labute approximate surface area is 213 Å². The smallest absolute Gasteiger partial charge is 0.242 e. The van der Waals surface area contributed by atoms with Crippen LogP contribution in [0.25, 0.3) is 0 Å². The molecule has 2 amide bonds. The third-order valence-electron chi connectivity index (χ3n) is 5.80. The molecule has 0 saturated carbocycles. The highest BCUT2D eigenvalue weighted by Gasteiger charge is 2.28. The van der Waals surface area contributed by atoms with E-state index in [2.05, 4.69) is 5.32 Å². The van der Waals surface area contributed by atoms with Gasteiger partial charge in [0.15, 0.2) is 0 Å². The number of halogens is 1. The lowest BCUT2D eigenvalue weighted by molar-refractivity contribution is -0.141. The lowest BCUT2D eigenvalue weighted by Gasteiger charge is -2.31. The molecule has 0 aromatic heterocycles. The molecule has 0 aliphatic rings. The van der Waals surface area contributed by atoms with Gasteiger partial charge < -0.3 is 15.0 Å². The van der Waals surface area contributed by atoms with Crippen molar-refractivity contribution in [1.29, 1.82) is 0 Å². The Hall–Kier alpha value is -2.78. The molecule has 8 nitrogen and oxygen atoms in total. The van der Waals surface area contributed by atoms with E-state index < -0.39 is 16.1 Å². The number of hydrogen-bond donors (Lipinski definition) is 1. The van der Waals surface area contributed by atoms with Crippen LogP contribution in [0.2, 0.25) is 5.02 Å². The number of nitrogens with zero attached hydrogens (tertiary/aromatic N) is 2. The van der Waals surface area contributed by atoms with E-state index in [1.165, 1.54) is 4.31 Å². The highest BCUT2D eigenvalue weighted by atomic mass is 35.5. The van der Waals surface area contributed by atoms with Crippen molar-refractivity contribution in [2.24, 2.45) is 0 Å². The van der Waals surface area contributed by atoms with E-state index in [0.717, 1.165) is 11.8 Å². The molecule has 35 heavy (non-hydrogen) atoms. The maximum Gasteiger partial charge on any atom is 0.242 e. The summed E-state index contributed by atoms with van der Waals surface area (Å²) in [5.74, 6) is 0.219. The fourth-order valence-corrected chi connectivity index (χ4v) is 5.05. The Morgan fingerprint density at radius 3 is 2.34 bits per heavy atom. The van der Waals surface area contributed by atoms with Gasteiger partial charge in [0.1, 0.15) is 11.8 Å². The lowest BCUT2D eigenvalue weighted by atomic mass is 10.1. The fraction of sp³-hybridized carbons (Fsp3) is 0.440. The van der Waals surface area contributed by atoms with E-state index in [1.54, 1.807) is 56.3 Å². The van der Waals surface area contributed by atoms with Crippen LogP contribution in [0, 0.1) is 6.92 Å². The third kappa shape index (κ3) is 7.60. The number of hydrogen-bond acceptors (Lipinski definition) is 5. The molecule has 0 heterocycles. The summed E-state index contributed by atoms with van der Waals surface area (Å²) in [4.78, 5) is 27.4. The summed E-state index contributed by atoms with van der Waals surface area (Å²) >= 11 is 6.20. The van der Waals surface area contributed by atoms with E-state index in [-0.39, 0.29) is 37.7 Å². The molecule has 0 radical (unpaired) electrons. The van der Waals surface area contributed by atoms with Crippen LogP contribution in [0.3, 0.4) is 0 Å². The molecule has 2 aromatic rings. The Balaban J connectivity index is 2.22. The topological polar surface area (TPSA) is 96.0 Å². The van der Waals surface area contributed by atoms with Crippen molar-refractivity contribution in [1.82, 2.24) is 10.2 Å². The number of ether oxygens (including phenoxy) is 1. The van der Waals surface area contributed by atoms with Crippen molar-refractivity contribution in [2.45, 2.75) is 45.7 Å². The van der Waals surface area contributed by atoms with Crippen molar-refractivity contribution in [3.8, 4) is 5.75 Å². The third-order valence-corrected chi connectivity index (χ3v) is 7.39. The van der Waals surface area contributed by atoms with Crippen LogP contribution in [0.15, 0.2) is 42.5 Å². The van der Waals surface area contributed by atoms with Crippen LogP contribution in [-0.2, 0) is 26.2 Å². The molecule has 10 heteroatoms. The number of carbonyl (C=O) groups excluding carboxylic acids is 2. The van der Waals surface area contributed by atoms with E-state index in [4.69, 9.17) is 16.3 Å². The average Bonchev–Trinajstić information content (AvgIpc) is 2.83. The molecule has 0 fully saturated rings. The van der Waals surface area contributed by atoms with Crippen LogP contribution in [0.4, 0.5) is 5.69 Å². The van der Waals surface area contributed by atoms with Crippen molar-refractivity contribution in [2.75, 3.05) is 31.3 Å². The van der Waals surface area contributed by atoms with E-state index in [1.807, 2.05) is 19.1 Å². The van der Waals surface area contributed by atoms with Crippen LogP contribution in [-0.4, -0.2) is 58.1 Å². The molecule has 0 bridgehead atoms. The van der Waals surface area contributed by atoms with Gasteiger partial charge in [0, 0.05) is 31.6 Å². The van der Waals surface area contributed by atoms with Gasteiger partial charge in [0.05, 0.1) is 19.1 Å². The number of nitrogens with one attached hydrogen (secondary N) is 1. The predicted molar refractivity (Wildman–Crippen MR) is 139 cm³/mol. The molecule has 0 spiro atoms. The summed E-state index contributed by atoms with van der Waals surface area (Å²) < 4.78 is 31.5. The number of amides is 2. The maximum absolute atomic E-state index is 13.3. The average molecular weight is 524 g/mol. The highest BCUT2D eigenvalue weighted by molar-refractivity contribution is 7.92. The first-order valence-electron chi connectivity index (χ1n) is 11.4. The van der Waals surface area contributed by atoms with Crippen LogP contribution in [0.5, 0.6) is 5.75 Å². The van der Waals surface area contributed by atoms with Gasteiger partial charge in [-0.1, -0.05) is 36.7 Å². The van der Waals surface area contributed by atoms with Gasteiger partial charge in [-0.25, -0.2) is 8.42 Å². The number of carbonyl (C=O) groups is 2. The minimum atomic E-state index is -3.60. The first kappa shape index (κ1) is 28.5. The van der Waals surface area contributed by atoms with Gasteiger partial charge in [-0.05, 0) is 55.2 Å². The first-order chi connectivity index (χ1) is 16.5. The number of anilines is 1. The summed E-state index contributed by atoms with van der Waals surface area (Å²) in [5.41, 5.74) is 1.99. The maximum atomic E-state index is 13.3. The molecule has 0 unspecified atom stereocenters. The van der Waals surface area contributed by atoms with Gasteiger partial charge in [-0.15, -0.1) is 0 Å². The van der Waals surface area contributed by atoms with E-state index in [9.17, 15) is 18.0 Å². The zero-order chi connectivity index (χ0) is 26.2. The summed E-state index contributed by atoms with van der Waals surface area (Å²) in [7, 11) is -0.478. The molecule has 2 rings (SSSR count). The molecular formula is C25H34ClN3O5S. The lowest BCUT2D eigenvalue weighted by Crippen LogP contribution is -2.48. The van der Waals surface area contributed by atoms with Crippen LogP contribution < -0.4 is 14.4 Å². The predicted octanol–water partition coefficient (Wildman–Crippen LogP) is 3.76. The highest BCUT2D eigenvalue weighted by Crippen LogP contribution is 2.28. The van der Waals surface area contributed by atoms with E-state index >= 15 is 0 Å². The first-order valence-corrected chi connectivity index (χ1v) is 13.6. The van der Waals surface area contributed by atoms with E-state index in [0.29, 0.717) is 28.4 Å². The minimum Gasteiger partial charge on any atom is -0.497 e. The number of sulfonamides is 1. The number of likely N-dealkylation sites (N-methyl/N-ethyl adjacent to an activating group) is 1. The van der Waals surface area contributed by atoms with Crippen LogP contribution in [0.1, 0.15) is 37.3 Å². The molecule has 1 atom stereocenters. The Morgan fingerprint density at radius 1 is 1.14 bits per heavy atom. The second-order valence-electron chi connectivity index (χ2n) is 8.23. The summed E-state index contributed by atoms with van der Waals surface area (Å²) in [6, 6.07) is 11.7. The Bertz CT molecular complexity index is 1120. The number of methoxy groups -OCH3 is 1. The minimum absolute atomic E-state index is 0.0787. The Kier molecular flexibility index (Phi) is 10.4. The van der Waals surface area contributed by atoms with Gasteiger partial charge in [-0.2, -0.15) is 0 Å². The summed E-state index contributed by atoms with van der Waals surface area (Å²) in [5, 5.41) is 3.10. The van der Waals surface area contributed by atoms with Crippen molar-refractivity contribution < 1.29 is 22.7 Å². The van der Waals surface area contributed by atoms with Gasteiger partial charge in [0.25, 0.3) is 0 Å². The second-order valence-corrected chi connectivity index (χ2v) is 10.5.